The summed E-state index contributed by atoms with van der Waals surface area (Å²) in [5, 5.41) is 0. The Bertz CT molecular complexity index is 1610. The number of fused-ring (bicyclic) bond motifs is 6. The fraction of sp³-hybridized carbons (Fsp3) is 0.333. The molecule has 1 saturated heterocycles. The van der Waals surface area contributed by atoms with Gasteiger partial charge in [0.25, 0.3) is 0 Å². The Balaban J connectivity index is 1.36. The van der Waals surface area contributed by atoms with Gasteiger partial charge in [0.2, 0.25) is 0 Å². The van der Waals surface area contributed by atoms with E-state index in [0.717, 1.165) is 22.3 Å². The van der Waals surface area contributed by atoms with E-state index in [1.165, 1.54) is 0 Å². The summed E-state index contributed by atoms with van der Waals surface area (Å²) in [6, 6.07) is 22.9. The standard InChI is InChI=1S/C36H36O10/c1-37-21-9-11-23-27(17-21)43-31(19-7-13-25(39-3)29(15-19)41-5)35-33(23)45-36-32(20-8-14-26(40-4)30(16-20)42-6)44-28-18-22(38-2)10-12-24(28)34(36)46-35/h7-18,31-36H,1-6H3. The molecule has 6 atom stereocenters. The molecule has 240 valence electrons. The molecular formula is C36H36O10. The number of ether oxygens (including phenoxy) is 10. The summed E-state index contributed by atoms with van der Waals surface area (Å²) in [5.74, 6) is 5.04. The smallest absolute Gasteiger partial charge is 0.161 e. The number of hydrogen-bond donors (Lipinski definition) is 0. The van der Waals surface area contributed by atoms with E-state index < -0.39 is 36.6 Å². The van der Waals surface area contributed by atoms with Crippen LogP contribution >= 0.6 is 0 Å². The quantitative estimate of drug-likeness (QED) is 0.213. The third kappa shape index (κ3) is 4.98. The molecule has 10 heteroatoms. The first-order chi connectivity index (χ1) is 22.5. The highest BCUT2D eigenvalue weighted by molar-refractivity contribution is 5.51. The maximum atomic E-state index is 7.13. The number of benzene rings is 4. The van der Waals surface area contributed by atoms with Gasteiger partial charge in [-0.05, 0) is 59.7 Å². The van der Waals surface area contributed by atoms with Crippen molar-refractivity contribution in [3.05, 3.63) is 95.1 Å². The summed E-state index contributed by atoms with van der Waals surface area (Å²) >= 11 is 0. The highest BCUT2D eigenvalue weighted by atomic mass is 16.6. The first-order valence-electron chi connectivity index (χ1n) is 14.9. The van der Waals surface area contributed by atoms with Gasteiger partial charge in [-0.25, -0.2) is 0 Å². The molecule has 3 aliphatic heterocycles. The summed E-state index contributed by atoms with van der Waals surface area (Å²) in [6.07, 6.45) is -3.15. The third-order valence-corrected chi connectivity index (χ3v) is 8.84. The van der Waals surface area contributed by atoms with Gasteiger partial charge in [-0.2, -0.15) is 0 Å². The summed E-state index contributed by atoms with van der Waals surface area (Å²) in [6.45, 7) is 0. The van der Waals surface area contributed by atoms with Crippen LogP contribution in [0.4, 0.5) is 0 Å². The fourth-order valence-corrected chi connectivity index (χ4v) is 6.54. The van der Waals surface area contributed by atoms with Crippen molar-refractivity contribution in [2.24, 2.45) is 0 Å². The van der Waals surface area contributed by atoms with Crippen molar-refractivity contribution in [1.82, 2.24) is 0 Å². The van der Waals surface area contributed by atoms with Crippen LogP contribution < -0.4 is 37.9 Å². The zero-order valence-corrected chi connectivity index (χ0v) is 26.5. The van der Waals surface area contributed by atoms with Crippen molar-refractivity contribution in [2.45, 2.75) is 36.6 Å². The molecule has 3 heterocycles. The first kappa shape index (κ1) is 29.9. The van der Waals surface area contributed by atoms with Crippen LogP contribution in [0, 0.1) is 0 Å². The Morgan fingerprint density at radius 2 is 0.826 bits per heavy atom. The minimum atomic E-state index is -0.547. The average molecular weight is 629 g/mol. The van der Waals surface area contributed by atoms with Gasteiger partial charge in [-0.15, -0.1) is 0 Å². The van der Waals surface area contributed by atoms with Gasteiger partial charge in [0.1, 0.15) is 47.4 Å². The monoisotopic (exact) mass is 628 g/mol. The van der Waals surface area contributed by atoms with Gasteiger partial charge in [0.15, 0.2) is 35.2 Å². The van der Waals surface area contributed by atoms with Crippen LogP contribution in [0.25, 0.3) is 0 Å². The summed E-state index contributed by atoms with van der Waals surface area (Å²) in [7, 11) is 9.69. The largest absolute Gasteiger partial charge is 0.497 e. The van der Waals surface area contributed by atoms with E-state index in [4.69, 9.17) is 47.4 Å². The van der Waals surface area contributed by atoms with Crippen LogP contribution in [-0.4, -0.2) is 54.9 Å². The van der Waals surface area contributed by atoms with E-state index in [1.807, 2.05) is 72.8 Å². The molecule has 0 aliphatic carbocycles. The molecule has 3 aliphatic rings. The Labute approximate surface area is 267 Å². The highest BCUT2D eigenvalue weighted by Crippen LogP contribution is 2.56. The second-order valence-electron chi connectivity index (χ2n) is 11.2. The van der Waals surface area contributed by atoms with Gasteiger partial charge >= 0.3 is 0 Å². The number of hydrogen-bond acceptors (Lipinski definition) is 10. The molecule has 7 rings (SSSR count). The van der Waals surface area contributed by atoms with Crippen LogP contribution in [0.1, 0.15) is 46.7 Å². The molecule has 0 saturated carbocycles. The SMILES string of the molecule is COc1ccc2c(c1)OC(c1ccc(OC)c(OC)c1)C1OC3c4ccc(OC)cc4OC(c4ccc(OC)c(OC)c4)C3OC21. The zero-order chi connectivity index (χ0) is 31.9. The van der Waals surface area contributed by atoms with E-state index >= 15 is 0 Å². The average Bonchev–Trinajstić information content (AvgIpc) is 3.12. The van der Waals surface area contributed by atoms with Crippen molar-refractivity contribution in [2.75, 3.05) is 42.7 Å². The molecule has 4 aromatic carbocycles. The second kappa shape index (κ2) is 12.2. The molecule has 0 N–H and O–H groups in total. The molecule has 0 aromatic heterocycles. The summed E-state index contributed by atoms with van der Waals surface area (Å²) in [4.78, 5) is 0. The van der Waals surface area contributed by atoms with Gasteiger partial charge in [0.05, 0.1) is 42.7 Å². The van der Waals surface area contributed by atoms with Crippen LogP contribution in [0.15, 0.2) is 72.8 Å². The maximum absolute atomic E-state index is 7.13. The van der Waals surface area contributed by atoms with E-state index in [9.17, 15) is 0 Å². The van der Waals surface area contributed by atoms with Gasteiger partial charge < -0.3 is 47.4 Å². The van der Waals surface area contributed by atoms with Gasteiger partial charge in [-0.1, -0.05) is 12.1 Å². The minimum Gasteiger partial charge on any atom is -0.497 e. The molecule has 4 aromatic rings. The highest BCUT2D eigenvalue weighted by Gasteiger charge is 2.54. The van der Waals surface area contributed by atoms with Crippen molar-refractivity contribution in [1.29, 1.82) is 0 Å². The Morgan fingerprint density at radius 3 is 1.20 bits per heavy atom. The van der Waals surface area contributed by atoms with Crippen molar-refractivity contribution in [3.63, 3.8) is 0 Å². The number of methoxy groups -OCH3 is 6. The maximum Gasteiger partial charge on any atom is 0.161 e. The van der Waals surface area contributed by atoms with Gasteiger partial charge in [-0.3, -0.25) is 0 Å². The van der Waals surface area contributed by atoms with Crippen molar-refractivity contribution in [3.8, 4) is 46.0 Å². The summed E-state index contributed by atoms with van der Waals surface area (Å²) in [5.41, 5.74) is 3.41. The predicted octanol–water partition coefficient (Wildman–Crippen LogP) is 6.57. The molecule has 0 spiro atoms. The van der Waals surface area contributed by atoms with Crippen LogP contribution in [-0.2, 0) is 9.47 Å². The molecule has 10 nitrogen and oxygen atoms in total. The second-order valence-corrected chi connectivity index (χ2v) is 11.2. The minimum absolute atomic E-state index is 0.500. The Kier molecular flexibility index (Phi) is 7.92. The first-order valence-corrected chi connectivity index (χ1v) is 14.9. The van der Waals surface area contributed by atoms with Crippen LogP contribution in [0.3, 0.4) is 0 Å². The normalized spacial score (nSPS) is 24.0. The third-order valence-electron chi connectivity index (χ3n) is 8.84. The van der Waals surface area contributed by atoms with Crippen molar-refractivity contribution < 1.29 is 47.4 Å². The lowest BCUT2D eigenvalue weighted by atomic mass is 9.86. The van der Waals surface area contributed by atoms with E-state index in [-0.39, 0.29) is 0 Å². The fourth-order valence-electron chi connectivity index (χ4n) is 6.54. The molecule has 0 amide bonds. The van der Waals surface area contributed by atoms with E-state index in [0.29, 0.717) is 46.0 Å². The topological polar surface area (TPSA) is 92.3 Å². The molecule has 0 bridgehead atoms. The molecule has 1 fully saturated rings. The van der Waals surface area contributed by atoms with E-state index in [2.05, 4.69) is 0 Å². The Morgan fingerprint density at radius 1 is 0.413 bits per heavy atom. The zero-order valence-electron chi connectivity index (χ0n) is 26.5. The number of rotatable bonds is 8. The lowest BCUT2D eigenvalue weighted by Crippen LogP contribution is -2.50. The molecule has 0 radical (unpaired) electrons. The molecule has 46 heavy (non-hydrogen) atoms. The molecule has 6 unspecified atom stereocenters. The molecular weight excluding hydrogens is 592 g/mol. The Hall–Kier alpha value is -4.80. The van der Waals surface area contributed by atoms with E-state index in [1.54, 1.807) is 42.7 Å². The van der Waals surface area contributed by atoms with Crippen LogP contribution in [0.5, 0.6) is 46.0 Å². The summed E-state index contributed by atoms with van der Waals surface area (Å²) < 4.78 is 61.1. The lowest BCUT2D eigenvalue weighted by Gasteiger charge is -2.51. The van der Waals surface area contributed by atoms with Crippen LogP contribution in [0.2, 0.25) is 0 Å². The van der Waals surface area contributed by atoms with Crippen molar-refractivity contribution >= 4 is 0 Å². The lowest BCUT2D eigenvalue weighted by molar-refractivity contribution is -0.277. The predicted molar refractivity (Wildman–Crippen MR) is 167 cm³/mol. The van der Waals surface area contributed by atoms with Gasteiger partial charge in [0, 0.05) is 23.3 Å².